The highest BCUT2D eigenvalue weighted by Crippen LogP contribution is 2.45. The zero-order valence-electron chi connectivity index (χ0n) is 23.8. The van der Waals surface area contributed by atoms with Crippen LogP contribution in [0.1, 0.15) is 73.0 Å². The zero-order chi connectivity index (χ0) is 30.2. The molecule has 3 aromatic rings. The van der Waals surface area contributed by atoms with E-state index in [1.54, 1.807) is 26.8 Å². The minimum Gasteiger partial charge on any atom is -0.458 e. The number of aryl methyl sites for hydroxylation is 1. The summed E-state index contributed by atoms with van der Waals surface area (Å²) in [6.45, 7) is 6.30. The van der Waals surface area contributed by atoms with Gasteiger partial charge in [-0.25, -0.2) is 14.2 Å². The number of nitrogens with one attached hydrogen (secondary N) is 2. The Morgan fingerprint density at radius 1 is 1.24 bits per heavy atom. The number of amides is 2. The van der Waals surface area contributed by atoms with Crippen molar-refractivity contribution >= 4 is 28.7 Å². The van der Waals surface area contributed by atoms with Crippen molar-refractivity contribution in [1.29, 1.82) is 0 Å². The third-order valence-electron chi connectivity index (χ3n) is 8.86. The van der Waals surface area contributed by atoms with Crippen molar-refractivity contribution in [3.63, 3.8) is 0 Å². The second-order valence-corrected chi connectivity index (χ2v) is 11.4. The molecule has 0 spiro atoms. The van der Waals surface area contributed by atoms with Crippen LogP contribution in [0, 0.1) is 12.7 Å². The van der Waals surface area contributed by atoms with Gasteiger partial charge in [-0.2, -0.15) is 0 Å². The van der Waals surface area contributed by atoms with Crippen LogP contribution in [-0.2, 0) is 44.3 Å². The number of pyridine rings is 2. The van der Waals surface area contributed by atoms with E-state index in [2.05, 4.69) is 10.6 Å². The molecule has 3 aliphatic rings. The van der Waals surface area contributed by atoms with E-state index in [1.807, 2.05) is 0 Å². The van der Waals surface area contributed by atoms with Gasteiger partial charge in [0, 0.05) is 22.6 Å². The normalized spacial score (nSPS) is 21.6. The number of carbonyl (C=O) groups excluding carboxylic acids is 3. The Morgan fingerprint density at radius 3 is 2.67 bits per heavy atom. The number of fused-ring (bicyclic) bond motifs is 5. The van der Waals surface area contributed by atoms with Gasteiger partial charge in [0.1, 0.15) is 18.5 Å². The Hall–Kier alpha value is -4.16. The number of rotatable bonds is 5. The molecule has 0 saturated heterocycles. The summed E-state index contributed by atoms with van der Waals surface area (Å²) >= 11 is 0. The third kappa shape index (κ3) is 3.96. The fraction of sp³-hybridized carbons (Fsp3) is 0.433. The van der Waals surface area contributed by atoms with Gasteiger partial charge in [-0.05, 0) is 62.8 Å². The van der Waals surface area contributed by atoms with Gasteiger partial charge in [0.15, 0.2) is 5.60 Å². The fourth-order valence-corrected chi connectivity index (χ4v) is 6.41. The number of ether oxygens (including phenoxy) is 1. The molecule has 12 heteroatoms. The number of cyclic esters (lactones) is 1. The molecule has 0 fully saturated rings. The SMILES string of the molecule is CC[C@@]1(O)C(=O)OCc2c1cc1n(c2=O)Cc2c-1nc1cc(F)c(C)c3c1c2[C@@H](NC(=O)[C@H](C)NC(=O)[C@H](C)N)CC3. The molecule has 220 valence electrons. The summed E-state index contributed by atoms with van der Waals surface area (Å²) in [7, 11) is 0. The van der Waals surface area contributed by atoms with Crippen molar-refractivity contribution in [3.05, 3.63) is 61.7 Å². The summed E-state index contributed by atoms with van der Waals surface area (Å²) in [5.41, 5.74) is 7.53. The lowest BCUT2D eigenvalue weighted by Crippen LogP contribution is -2.50. The first kappa shape index (κ1) is 28.0. The number of esters is 1. The van der Waals surface area contributed by atoms with Crippen LogP contribution in [0.3, 0.4) is 0 Å². The number of benzene rings is 1. The van der Waals surface area contributed by atoms with Crippen LogP contribution in [0.5, 0.6) is 0 Å². The number of nitrogens with two attached hydrogens (primary N) is 1. The van der Waals surface area contributed by atoms with Crippen LogP contribution in [-0.4, -0.2) is 44.5 Å². The minimum absolute atomic E-state index is 0.00456. The third-order valence-corrected chi connectivity index (χ3v) is 8.86. The maximum Gasteiger partial charge on any atom is 0.343 e. The number of hydrogen-bond donors (Lipinski definition) is 4. The monoisotopic (exact) mass is 577 g/mol. The second kappa shape index (κ2) is 9.70. The molecule has 0 bridgehead atoms. The first-order valence-electron chi connectivity index (χ1n) is 14.0. The predicted molar refractivity (Wildman–Crippen MR) is 150 cm³/mol. The first-order valence-corrected chi connectivity index (χ1v) is 14.0. The molecule has 11 nitrogen and oxygen atoms in total. The number of halogens is 1. The van der Waals surface area contributed by atoms with Gasteiger partial charge in [-0.15, -0.1) is 0 Å². The fourth-order valence-electron chi connectivity index (χ4n) is 6.41. The Balaban J connectivity index is 1.53. The molecule has 2 amide bonds. The van der Waals surface area contributed by atoms with Gasteiger partial charge in [0.2, 0.25) is 11.8 Å². The maximum absolute atomic E-state index is 15.1. The van der Waals surface area contributed by atoms with Gasteiger partial charge in [0.25, 0.3) is 5.56 Å². The summed E-state index contributed by atoms with van der Waals surface area (Å²) in [4.78, 5) is 56.4. The van der Waals surface area contributed by atoms with Gasteiger partial charge in [-0.3, -0.25) is 14.4 Å². The first-order chi connectivity index (χ1) is 19.9. The molecule has 2 aromatic heterocycles. The van der Waals surface area contributed by atoms with Crippen LogP contribution >= 0.6 is 0 Å². The minimum atomic E-state index is -1.98. The van der Waals surface area contributed by atoms with E-state index in [4.69, 9.17) is 15.5 Å². The van der Waals surface area contributed by atoms with E-state index >= 15 is 4.39 Å². The zero-order valence-corrected chi connectivity index (χ0v) is 23.8. The van der Waals surface area contributed by atoms with E-state index < -0.39 is 52.9 Å². The average molecular weight is 578 g/mol. The van der Waals surface area contributed by atoms with Gasteiger partial charge in [0.05, 0.1) is 41.1 Å². The molecular weight excluding hydrogens is 545 g/mol. The lowest BCUT2D eigenvalue weighted by atomic mass is 9.81. The highest BCUT2D eigenvalue weighted by atomic mass is 19.1. The molecule has 2 aliphatic heterocycles. The Morgan fingerprint density at radius 2 is 1.98 bits per heavy atom. The van der Waals surface area contributed by atoms with Crippen molar-refractivity contribution in [2.45, 2.75) is 83.8 Å². The number of nitrogens with zero attached hydrogens (tertiary/aromatic N) is 2. The second-order valence-electron chi connectivity index (χ2n) is 11.4. The molecule has 0 unspecified atom stereocenters. The van der Waals surface area contributed by atoms with E-state index in [0.29, 0.717) is 40.9 Å². The van der Waals surface area contributed by atoms with Crippen molar-refractivity contribution in [3.8, 4) is 11.4 Å². The highest BCUT2D eigenvalue weighted by Gasteiger charge is 2.46. The van der Waals surface area contributed by atoms with Crippen LogP contribution in [0.2, 0.25) is 0 Å². The summed E-state index contributed by atoms with van der Waals surface area (Å²) < 4.78 is 21.8. The largest absolute Gasteiger partial charge is 0.458 e. The van der Waals surface area contributed by atoms with Crippen LogP contribution in [0.25, 0.3) is 22.3 Å². The standard InChI is InChI=1S/C30H32FN5O6/c1-5-30(41)18-8-22-25-16(10-36(22)28(39)17(18)11-42-29(30)40)24-20(35-27(38)14(4)33-26(37)13(3)32)7-6-15-12(2)19(31)9-21(34-25)23(15)24/h8-9,13-14,20,41H,5-7,10-11,32H2,1-4H3,(H,33,37)(H,35,38)/t13-,14-,20-,30-/m0/s1. The molecule has 1 aromatic carbocycles. The predicted octanol–water partition coefficient (Wildman–Crippen LogP) is 1.48. The summed E-state index contributed by atoms with van der Waals surface area (Å²) in [5, 5.41) is 17.6. The summed E-state index contributed by atoms with van der Waals surface area (Å²) in [6.07, 6.45) is 0.954. The van der Waals surface area contributed by atoms with Crippen molar-refractivity contribution in [2.75, 3.05) is 0 Å². The van der Waals surface area contributed by atoms with Gasteiger partial charge in [-0.1, -0.05) is 6.92 Å². The molecule has 0 saturated carbocycles. The van der Waals surface area contributed by atoms with Crippen molar-refractivity contribution in [2.24, 2.45) is 5.73 Å². The Kier molecular flexibility index (Phi) is 6.46. The molecular formula is C30H32FN5O6. The van der Waals surface area contributed by atoms with Crippen LogP contribution in [0.4, 0.5) is 4.39 Å². The topological polar surface area (TPSA) is 166 Å². The molecule has 0 radical (unpaired) electrons. The quantitative estimate of drug-likeness (QED) is 0.259. The highest BCUT2D eigenvalue weighted by molar-refractivity contribution is 5.95. The Labute approximate surface area is 240 Å². The van der Waals surface area contributed by atoms with Crippen LogP contribution < -0.4 is 21.9 Å². The van der Waals surface area contributed by atoms with E-state index in [9.17, 15) is 24.3 Å². The Bertz CT molecular complexity index is 1780. The molecule has 4 atom stereocenters. The lowest BCUT2D eigenvalue weighted by molar-refractivity contribution is -0.172. The lowest BCUT2D eigenvalue weighted by Gasteiger charge is -2.31. The average Bonchev–Trinajstić information content (AvgIpc) is 3.32. The smallest absolute Gasteiger partial charge is 0.343 e. The number of aliphatic hydroxyl groups is 1. The number of carbonyl (C=O) groups is 3. The number of hydrogen-bond acceptors (Lipinski definition) is 8. The molecule has 5 N–H and O–H groups in total. The molecule has 1 aliphatic carbocycles. The van der Waals surface area contributed by atoms with Crippen molar-refractivity contribution in [1.82, 2.24) is 20.2 Å². The van der Waals surface area contributed by atoms with Crippen molar-refractivity contribution < 1.29 is 28.6 Å². The number of aromatic nitrogens is 2. The van der Waals surface area contributed by atoms with E-state index in [-0.39, 0.29) is 30.7 Å². The molecule has 6 rings (SSSR count). The van der Waals surface area contributed by atoms with E-state index in [1.165, 1.54) is 17.6 Å². The van der Waals surface area contributed by atoms with Gasteiger partial charge < -0.3 is 30.8 Å². The van der Waals surface area contributed by atoms with E-state index in [0.717, 1.165) is 16.5 Å². The maximum atomic E-state index is 15.1. The molecule has 4 heterocycles. The summed E-state index contributed by atoms with van der Waals surface area (Å²) in [5.74, 6) is -2.11. The van der Waals surface area contributed by atoms with Crippen LogP contribution in [0.15, 0.2) is 16.9 Å². The van der Waals surface area contributed by atoms with Gasteiger partial charge >= 0.3 is 5.97 Å². The summed E-state index contributed by atoms with van der Waals surface area (Å²) in [6, 6.07) is 0.802. The molecule has 42 heavy (non-hydrogen) atoms.